The van der Waals surface area contributed by atoms with Gasteiger partial charge in [-0.15, -0.1) is 0 Å². The lowest BCUT2D eigenvalue weighted by molar-refractivity contribution is -0.150. The number of esters is 1. The van der Waals surface area contributed by atoms with E-state index in [1.54, 1.807) is 0 Å². The molecular weight excluding hydrogens is 384 g/mol. The predicted molar refractivity (Wildman–Crippen MR) is 116 cm³/mol. The average Bonchev–Trinajstić information content (AvgIpc) is 2.70. The van der Waals surface area contributed by atoms with Gasteiger partial charge in [-0.05, 0) is 60.4 Å². The van der Waals surface area contributed by atoms with Crippen molar-refractivity contribution in [3.63, 3.8) is 0 Å². The molecule has 0 heterocycles. The molecule has 5 nitrogen and oxygen atoms in total. The summed E-state index contributed by atoms with van der Waals surface area (Å²) in [5.74, 6) is -1.08. The molecule has 0 spiro atoms. The number of carbonyl (C=O) groups is 2. The van der Waals surface area contributed by atoms with Gasteiger partial charge >= 0.3 is 5.97 Å². The lowest BCUT2D eigenvalue weighted by Gasteiger charge is -2.22. The molecule has 0 fully saturated rings. The molecule has 1 amide bonds. The summed E-state index contributed by atoms with van der Waals surface area (Å²) >= 11 is 1.07. The fraction of sp³-hybridized carbons (Fsp3) is 0.348. The topological polar surface area (TPSA) is 79.2 Å². The highest BCUT2D eigenvalue weighted by atomic mass is 32.2. The Balaban J connectivity index is 2.04. The van der Waals surface area contributed by atoms with Crippen LogP contribution in [0.4, 0.5) is 5.69 Å². The van der Waals surface area contributed by atoms with Crippen molar-refractivity contribution in [2.75, 3.05) is 11.9 Å². The Bertz CT molecular complexity index is 883. The number of hydrogen-bond acceptors (Lipinski definition) is 5. The van der Waals surface area contributed by atoms with E-state index in [-0.39, 0.29) is 18.4 Å². The lowest BCUT2D eigenvalue weighted by atomic mass is 9.86. The minimum atomic E-state index is -0.403. The van der Waals surface area contributed by atoms with Gasteiger partial charge in [0.15, 0.2) is 6.61 Å². The molecule has 0 aliphatic carbocycles. The van der Waals surface area contributed by atoms with Gasteiger partial charge < -0.3 is 10.1 Å². The number of hydrogen-bond donors (Lipinski definition) is 1. The van der Waals surface area contributed by atoms with Crippen molar-refractivity contribution < 1.29 is 14.3 Å². The van der Waals surface area contributed by atoms with E-state index in [1.165, 1.54) is 0 Å². The maximum atomic E-state index is 12.7. The number of thioether (sulfide) groups is 1. The van der Waals surface area contributed by atoms with Crippen LogP contribution in [0.1, 0.15) is 42.9 Å². The van der Waals surface area contributed by atoms with Gasteiger partial charge in [-0.1, -0.05) is 50.6 Å². The van der Waals surface area contributed by atoms with Crippen LogP contribution in [0.5, 0.6) is 0 Å². The minimum absolute atomic E-state index is 0.0997. The van der Waals surface area contributed by atoms with Crippen molar-refractivity contribution in [1.29, 1.82) is 5.26 Å². The summed E-state index contributed by atoms with van der Waals surface area (Å²) in [4.78, 5) is 25.9. The molecule has 2 atom stereocenters. The molecule has 2 rings (SSSR count). The average molecular weight is 411 g/mol. The number of nitrogens with zero attached hydrogens (tertiary/aromatic N) is 1. The molecule has 0 bridgehead atoms. The highest BCUT2D eigenvalue weighted by molar-refractivity contribution is 8.03. The largest absolute Gasteiger partial charge is 0.455 e. The van der Waals surface area contributed by atoms with Crippen LogP contribution in [-0.4, -0.2) is 18.5 Å². The molecule has 0 aliphatic heterocycles. The Hall–Kier alpha value is -2.78. The molecular formula is C23H26N2O3S. The Morgan fingerprint density at radius 3 is 2.34 bits per heavy atom. The van der Waals surface area contributed by atoms with Crippen LogP contribution in [0.3, 0.4) is 0 Å². The van der Waals surface area contributed by atoms with Gasteiger partial charge in [0.25, 0.3) is 5.91 Å². The number of benzene rings is 2. The fourth-order valence-corrected chi connectivity index (χ4v) is 3.80. The zero-order valence-electron chi connectivity index (χ0n) is 17.2. The van der Waals surface area contributed by atoms with Crippen molar-refractivity contribution >= 4 is 29.3 Å². The summed E-state index contributed by atoms with van der Waals surface area (Å²) < 4.78 is 5.36. The van der Waals surface area contributed by atoms with Crippen molar-refractivity contribution in [3.05, 3.63) is 59.2 Å². The van der Waals surface area contributed by atoms with E-state index < -0.39 is 11.9 Å². The van der Waals surface area contributed by atoms with Crippen molar-refractivity contribution in [1.82, 2.24) is 0 Å². The van der Waals surface area contributed by atoms with Gasteiger partial charge in [0.2, 0.25) is 0 Å². The maximum absolute atomic E-state index is 12.7. The molecule has 2 aromatic carbocycles. The summed E-state index contributed by atoms with van der Waals surface area (Å²) in [6.45, 7) is 7.42. The number of amides is 1. The third kappa shape index (κ3) is 6.10. The smallest absolute Gasteiger partial charge is 0.314 e. The molecule has 2 aromatic rings. The number of thiocyanates is 1. The van der Waals surface area contributed by atoms with E-state index >= 15 is 0 Å². The summed E-state index contributed by atoms with van der Waals surface area (Å²) in [5, 5.41) is 13.7. The lowest BCUT2D eigenvalue weighted by Crippen LogP contribution is -2.27. The first-order chi connectivity index (χ1) is 13.9. The van der Waals surface area contributed by atoms with Crippen molar-refractivity contribution in [2.45, 2.75) is 44.9 Å². The van der Waals surface area contributed by atoms with Gasteiger partial charge in [0, 0.05) is 10.6 Å². The van der Waals surface area contributed by atoms with Crippen LogP contribution in [0, 0.1) is 30.4 Å². The highest BCUT2D eigenvalue weighted by Crippen LogP contribution is 2.29. The summed E-state index contributed by atoms with van der Waals surface area (Å²) in [7, 11) is 0. The Morgan fingerprint density at radius 1 is 1.17 bits per heavy atom. The number of aryl methyl sites for hydroxylation is 2. The van der Waals surface area contributed by atoms with Crippen molar-refractivity contribution in [2.24, 2.45) is 5.92 Å². The highest BCUT2D eigenvalue weighted by Gasteiger charge is 2.27. The van der Waals surface area contributed by atoms with Gasteiger partial charge in [-0.25, -0.2) is 0 Å². The Morgan fingerprint density at radius 2 is 1.79 bits per heavy atom. The van der Waals surface area contributed by atoms with Crippen molar-refractivity contribution in [3.8, 4) is 5.40 Å². The number of rotatable bonds is 8. The molecule has 6 heteroatoms. The van der Waals surface area contributed by atoms with Gasteiger partial charge in [-0.3, -0.25) is 9.59 Å². The SMILES string of the molecule is CC[C@@H](C)[C@@H](C(=O)OCC(=O)Nc1c(C)cc(SC#N)cc1C)c1ccccc1. The van der Waals surface area contributed by atoms with Crippen LogP contribution in [-0.2, 0) is 14.3 Å². The molecule has 0 saturated heterocycles. The molecule has 0 saturated carbocycles. The quantitative estimate of drug-likeness (QED) is 0.368. The third-order valence-corrected chi connectivity index (χ3v) is 5.47. The Labute approximate surface area is 176 Å². The van der Waals surface area contributed by atoms with E-state index in [0.717, 1.165) is 39.8 Å². The number of anilines is 1. The first-order valence-electron chi connectivity index (χ1n) is 9.56. The van der Waals surface area contributed by atoms with E-state index in [2.05, 4.69) is 5.32 Å². The van der Waals surface area contributed by atoms with Gasteiger partial charge in [-0.2, -0.15) is 5.26 Å². The number of carbonyl (C=O) groups excluding carboxylic acids is 2. The molecule has 1 N–H and O–H groups in total. The molecule has 152 valence electrons. The molecule has 0 unspecified atom stereocenters. The zero-order valence-corrected chi connectivity index (χ0v) is 18.0. The van der Waals surface area contributed by atoms with Gasteiger partial charge in [0.05, 0.1) is 5.92 Å². The van der Waals surface area contributed by atoms with E-state index in [1.807, 2.05) is 75.6 Å². The van der Waals surface area contributed by atoms with Gasteiger partial charge in [0.1, 0.15) is 5.40 Å². The van der Waals surface area contributed by atoms with Crippen LogP contribution >= 0.6 is 11.8 Å². The number of nitriles is 1. The molecule has 0 aromatic heterocycles. The molecule has 29 heavy (non-hydrogen) atoms. The summed E-state index contributed by atoms with van der Waals surface area (Å²) in [6.07, 6.45) is 0.826. The van der Waals surface area contributed by atoms with Crippen LogP contribution < -0.4 is 5.32 Å². The second-order valence-electron chi connectivity index (χ2n) is 7.06. The van der Waals surface area contributed by atoms with Crippen LogP contribution in [0.2, 0.25) is 0 Å². The van der Waals surface area contributed by atoms with E-state index in [4.69, 9.17) is 10.00 Å². The summed E-state index contributed by atoms with van der Waals surface area (Å²) in [6, 6.07) is 13.2. The second kappa shape index (κ2) is 10.7. The fourth-order valence-electron chi connectivity index (χ4n) is 3.23. The third-order valence-electron chi connectivity index (χ3n) is 4.91. The monoisotopic (exact) mass is 410 g/mol. The maximum Gasteiger partial charge on any atom is 0.314 e. The van der Waals surface area contributed by atoms with E-state index in [0.29, 0.717) is 5.69 Å². The standard InChI is InChI=1S/C23H26N2O3S/c1-5-15(2)21(18-9-7-6-8-10-18)23(27)28-13-20(26)25-22-16(3)11-19(29-14-24)12-17(22)4/h6-12,15,21H,5,13H2,1-4H3,(H,25,26)/t15-,21-/m1/s1. The second-order valence-corrected chi connectivity index (χ2v) is 7.91. The first-order valence-corrected chi connectivity index (χ1v) is 10.4. The van der Waals surface area contributed by atoms with Crippen LogP contribution in [0.25, 0.3) is 0 Å². The number of nitrogens with one attached hydrogen (secondary N) is 1. The minimum Gasteiger partial charge on any atom is -0.455 e. The summed E-state index contributed by atoms with van der Waals surface area (Å²) in [5.41, 5.74) is 3.27. The zero-order chi connectivity index (χ0) is 21.4. The van der Waals surface area contributed by atoms with Crippen LogP contribution in [0.15, 0.2) is 47.4 Å². The molecule has 0 radical (unpaired) electrons. The predicted octanol–water partition coefficient (Wildman–Crippen LogP) is 5.19. The van der Waals surface area contributed by atoms with E-state index in [9.17, 15) is 9.59 Å². The Kier molecular flexibility index (Phi) is 8.29. The molecule has 0 aliphatic rings. The normalized spacial score (nSPS) is 12.5. The first kappa shape index (κ1) is 22.5. The number of ether oxygens (including phenoxy) is 1.